The number of nitrogens with zero attached hydrogens (tertiary/aromatic N) is 3. The Labute approximate surface area is 122 Å². The van der Waals surface area contributed by atoms with E-state index in [1.165, 1.54) is 4.57 Å². The first kappa shape index (κ1) is 15.0. The Morgan fingerprint density at radius 3 is 2.62 bits per heavy atom. The van der Waals surface area contributed by atoms with E-state index >= 15 is 0 Å². The molecular formula is C14H19N5O2. The third-order valence-corrected chi connectivity index (χ3v) is 3.19. The lowest BCUT2D eigenvalue weighted by Crippen LogP contribution is -2.33. The number of rotatable bonds is 4. The summed E-state index contributed by atoms with van der Waals surface area (Å²) in [6, 6.07) is 1.10. The second-order valence-corrected chi connectivity index (χ2v) is 5.01. The smallest absolute Gasteiger partial charge is 0.274 e. The van der Waals surface area contributed by atoms with Crippen LogP contribution in [0.2, 0.25) is 0 Å². The molecule has 0 aliphatic rings. The molecule has 0 aliphatic heterocycles. The van der Waals surface area contributed by atoms with Crippen LogP contribution < -0.4 is 16.2 Å². The van der Waals surface area contributed by atoms with Gasteiger partial charge in [0.05, 0.1) is 6.20 Å². The van der Waals surface area contributed by atoms with Gasteiger partial charge in [-0.1, -0.05) is 0 Å². The summed E-state index contributed by atoms with van der Waals surface area (Å²) >= 11 is 0. The summed E-state index contributed by atoms with van der Waals surface area (Å²) < 4.78 is 3.07. The average Bonchev–Trinajstić information content (AvgIpc) is 2.82. The van der Waals surface area contributed by atoms with Gasteiger partial charge in [0.25, 0.3) is 5.56 Å². The normalized spacial score (nSPS) is 12.2. The Morgan fingerprint density at radius 2 is 2.05 bits per heavy atom. The first-order chi connectivity index (χ1) is 9.92. The molecule has 1 atom stereocenters. The van der Waals surface area contributed by atoms with Crippen LogP contribution in [0.3, 0.4) is 0 Å². The number of amides is 1. The SMILES string of the molecule is CNC(C(=O)Nc1cc(C)cn(C)c1=O)c1cnn(C)c1. The highest BCUT2D eigenvalue weighted by Crippen LogP contribution is 2.14. The second kappa shape index (κ2) is 5.92. The largest absolute Gasteiger partial charge is 0.320 e. The molecule has 2 aromatic heterocycles. The minimum atomic E-state index is -0.566. The molecule has 2 aromatic rings. The van der Waals surface area contributed by atoms with E-state index in [1.807, 2.05) is 6.92 Å². The molecule has 0 aliphatic carbocycles. The van der Waals surface area contributed by atoms with Gasteiger partial charge in [0.1, 0.15) is 11.7 Å². The van der Waals surface area contributed by atoms with Crippen LogP contribution in [0.15, 0.2) is 29.5 Å². The fourth-order valence-corrected chi connectivity index (χ4v) is 2.21. The molecule has 0 fully saturated rings. The fourth-order valence-electron chi connectivity index (χ4n) is 2.21. The van der Waals surface area contributed by atoms with Crippen molar-refractivity contribution in [1.82, 2.24) is 19.7 Å². The molecule has 0 aromatic carbocycles. The standard InChI is InChI=1S/C14H19N5O2/c1-9-5-11(14(21)18(3)7-9)17-13(20)12(15-2)10-6-16-19(4)8-10/h5-8,12,15H,1-4H3,(H,17,20). The van der Waals surface area contributed by atoms with E-state index in [-0.39, 0.29) is 17.2 Å². The predicted octanol–water partition coefficient (Wildman–Crippen LogP) is 0.326. The minimum Gasteiger partial charge on any atom is -0.320 e. The van der Waals surface area contributed by atoms with Crippen LogP contribution >= 0.6 is 0 Å². The van der Waals surface area contributed by atoms with Gasteiger partial charge in [0, 0.05) is 32.1 Å². The average molecular weight is 289 g/mol. The highest BCUT2D eigenvalue weighted by Gasteiger charge is 2.21. The van der Waals surface area contributed by atoms with Crippen molar-refractivity contribution in [2.45, 2.75) is 13.0 Å². The van der Waals surface area contributed by atoms with Crippen LogP contribution in [0.4, 0.5) is 5.69 Å². The summed E-state index contributed by atoms with van der Waals surface area (Å²) in [7, 11) is 5.12. The highest BCUT2D eigenvalue weighted by atomic mass is 16.2. The maximum Gasteiger partial charge on any atom is 0.274 e. The van der Waals surface area contributed by atoms with Crippen LogP contribution in [0, 0.1) is 6.92 Å². The number of aromatic nitrogens is 3. The molecule has 112 valence electrons. The number of nitrogens with one attached hydrogen (secondary N) is 2. The van der Waals surface area contributed by atoms with E-state index in [0.717, 1.165) is 11.1 Å². The molecule has 2 rings (SSSR count). The van der Waals surface area contributed by atoms with Crippen molar-refractivity contribution in [3.8, 4) is 0 Å². The summed E-state index contributed by atoms with van der Waals surface area (Å²) in [5.74, 6) is -0.298. The second-order valence-electron chi connectivity index (χ2n) is 5.01. The summed E-state index contributed by atoms with van der Waals surface area (Å²) in [5.41, 5.74) is 1.67. The summed E-state index contributed by atoms with van der Waals surface area (Å²) in [6.45, 7) is 1.87. The minimum absolute atomic E-state index is 0.241. The van der Waals surface area contributed by atoms with Gasteiger partial charge in [0.2, 0.25) is 5.91 Å². The molecule has 0 bridgehead atoms. The molecule has 0 saturated carbocycles. The number of carbonyl (C=O) groups excluding carboxylic acids is 1. The van der Waals surface area contributed by atoms with Crippen molar-refractivity contribution in [1.29, 1.82) is 0 Å². The Kier molecular flexibility index (Phi) is 4.23. The highest BCUT2D eigenvalue weighted by molar-refractivity contribution is 5.95. The van der Waals surface area contributed by atoms with Gasteiger partial charge >= 0.3 is 0 Å². The predicted molar refractivity (Wildman–Crippen MR) is 80.1 cm³/mol. The van der Waals surface area contributed by atoms with Gasteiger partial charge in [-0.3, -0.25) is 14.3 Å². The monoisotopic (exact) mass is 289 g/mol. The molecular weight excluding hydrogens is 270 g/mol. The fraction of sp³-hybridized carbons (Fsp3) is 0.357. The molecule has 7 nitrogen and oxygen atoms in total. The molecule has 0 radical (unpaired) electrons. The van der Waals surface area contributed by atoms with Crippen molar-refractivity contribution in [3.63, 3.8) is 0 Å². The van der Waals surface area contributed by atoms with Crippen molar-refractivity contribution in [2.75, 3.05) is 12.4 Å². The van der Waals surface area contributed by atoms with E-state index in [2.05, 4.69) is 15.7 Å². The number of pyridine rings is 1. The maximum atomic E-state index is 12.4. The zero-order valence-electron chi connectivity index (χ0n) is 12.5. The van der Waals surface area contributed by atoms with Gasteiger partial charge in [-0.15, -0.1) is 0 Å². The number of anilines is 1. The van der Waals surface area contributed by atoms with Gasteiger partial charge in [0.15, 0.2) is 0 Å². The number of likely N-dealkylation sites (N-methyl/N-ethyl adjacent to an activating group) is 1. The lowest BCUT2D eigenvalue weighted by molar-refractivity contribution is -0.118. The van der Waals surface area contributed by atoms with Crippen molar-refractivity contribution in [2.24, 2.45) is 14.1 Å². The zero-order chi connectivity index (χ0) is 15.6. The van der Waals surface area contributed by atoms with Gasteiger partial charge in [-0.25, -0.2) is 0 Å². The lowest BCUT2D eigenvalue weighted by Gasteiger charge is -2.15. The zero-order valence-corrected chi connectivity index (χ0v) is 12.5. The molecule has 2 N–H and O–H groups in total. The van der Waals surface area contributed by atoms with Gasteiger partial charge in [-0.2, -0.15) is 5.10 Å². The van der Waals surface area contributed by atoms with Crippen LogP contribution in [0.25, 0.3) is 0 Å². The van der Waals surface area contributed by atoms with Crippen LogP contribution in [-0.2, 0) is 18.9 Å². The first-order valence-electron chi connectivity index (χ1n) is 6.56. The number of hydrogen-bond acceptors (Lipinski definition) is 4. The van der Waals surface area contributed by atoms with Crippen LogP contribution in [0.1, 0.15) is 17.2 Å². The van der Waals surface area contributed by atoms with Crippen LogP contribution in [-0.4, -0.2) is 27.3 Å². The molecule has 21 heavy (non-hydrogen) atoms. The quantitative estimate of drug-likeness (QED) is 0.850. The molecule has 1 unspecified atom stereocenters. The van der Waals surface area contributed by atoms with Crippen molar-refractivity contribution < 1.29 is 4.79 Å². The third kappa shape index (κ3) is 3.19. The molecule has 2 heterocycles. The first-order valence-corrected chi connectivity index (χ1v) is 6.56. The molecule has 0 spiro atoms. The van der Waals surface area contributed by atoms with Crippen LogP contribution in [0.5, 0.6) is 0 Å². The van der Waals surface area contributed by atoms with Gasteiger partial charge < -0.3 is 15.2 Å². The van der Waals surface area contributed by atoms with E-state index < -0.39 is 6.04 Å². The Balaban J connectivity index is 2.26. The van der Waals surface area contributed by atoms with E-state index in [0.29, 0.717) is 0 Å². The lowest BCUT2D eigenvalue weighted by atomic mass is 10.1. The summed E-state index contributed by atoms with van der Waals surface area (Å²) in [4.78, 5) is 24.4. The van der Waals surface area contributed by atoms with Crippen molar-refractivity contribution >= 4 is 11.6 Å². The summed E-state index contributed by atoms with van der Waals surface area (Å²) in [5, 5.41) is 9.66. The Bertz CT molecular complexity index is 716. The number of aryl methyl sites for hydroxylation is 3. The van der Waals surface area contributed by atoms with E-state index in [4.69, 9.17) is 0 Å². The number of hydrogen-bond donors (Lipinski definition) is 2. The number of carbonyl (C=O) groups is 1. The van der Waals surface area contributed by atoms with Crippen molar-refractivity contribution in [3.05, 3.63) is 46.1 Å². The van der Waals surface area contributed by atoms with Gasteiger partial charge in [-0.05, 0) is 25.6 Å². The topological polar surface area (TPSA) is 81.0 Å². The van der Waals surface area contributed by atoms with E-state index in [9.17, 15) is 9.59 Å². The summed E-state index contributed by atoms with van der Waals surface area (Å²) in [6.07, 6.45) is 5.10. The molecule has 0 saturated heterocycles. The molecule has 7 heteroatoms. The maximum absolute atomic E-state index is 12.4. The Hall–Kier alpha value is -2.41. The van der Waals surface area contributed by atoms with E-state index in [1.54, 1.807) is 50.5 Å². The third-order valence-electron chi connectivity index (χ3n) is 3.19. The Morgan fingerprint density at radius 1 is 1.33 bits per heavy atom. The molecule has 1 amide bonds.